The fourth-order valence-corrected chi connectivity index (χ4v) is 3.82. The van der Waals surface area contributed by atoms with Crippen molar-refractivity contribution in [1.29, 1.82) is 0 Å². The Bertz CT molecular complexity index is 1190. The van der Waals surface area contributed by atoms with E-state index in [9.17, 15) is 5.11 Å². The first-order valence-corrected chi connectivity index (χ1v) is 10.0. The number of aromatic nitrogens is 4. The van der Waals surface area contributed by atoms with Gasteiger partial charge in [-0.25, -0.2) is 19.9 Å². The molecule has 0 spiro atoms. The van der Waals surface area contributed by atoms with Crippen molar-refractivity contribution < 1.29 is 5.11 Å². The SMILES string of the molecule is Cc1ccc2c(N3CCN(c4ncccn4)CC3)nc(-c3ccccc3O)nc2c1. The maximum atomic E-state index is 10.3. The van der Waals surface area contributed by atoms with Crippen molar-refractivity contribution >= 4 is 22.7 Å². The van der Waals surface area contributed by atoms with E-state index in [0.717, 1.165) is 54.4 Å². The fraction of sp³-hybridized carbons (Fsp3) is 0.217. The van der Waals surface area contributed by atoms with Crippen molar-refractivity contribution in [3.05, 3.63) is 66.5 Å². The van der Waals surface area contributed by atoms with Crippen LogP contribution < -0.4 is 9.80 Å². The van der Waals surface area contributed by atoms with E-state index in [1.807, 2.05) is 18.2 Å². The molecule has 1 aliphatic rings. The van der Waals surface area contributed by atoms with Gasteiger partial charge >= 0.3 is 0 Å². The van der Waals surface area contributed by atoms with Gasteiger partial charge in [0.05, 0.1) is 11.1 Å². The van der Waals surface area contributed by atoms with Gasteiger partial charge < -0.3 is 14.9 Å². The van der Waals surface area contributed by atoms with E-state index in [0.29, 0.717) is 11.4 Å². The molecule has 7 nitrogen and oxygen atoms in total. The summed E-state index contributed by atoms with van der Waals surface area (Å²) >= 11 is 0. The molecule has 2 aromatic carbocycles. The molecule has 1 fully saturated rings. The van der Waals surface area contributed by atoms with Crippen LogP contribution in [-0.2, 0) is 0 Å². The first-order valence-electron chi connectivity index (χ1n) is 10.0. The molecule has 0 bridgehead atoms. The summed E-state index contributed by atoms with van der Waals surface area (Å²) in [6, 6.07) is 15.3. The van der Waals surface area contributed by atoms with Crippen LogP contribution in [0.2, 0.25) is 0 Å². The summed E-state index contributed by atoms with van der Waals surface area (Å²) in [4.78, 5) is 22.8. The number of nitrogens with zero attached hydrogens (tertiary/aromatic N) is 6. The summed E-state index contributed by atoms with van der Waals surface area (Å²) in [7, 11) is 0. The van der Waals surface area contributed by atoms with E-state index in [1.165, 1.54) is 0 Å². The van der Waals surface area contributed by atoms with Crippen molar-refractivity contribution in [3.63, 3.8) is 0 Å². The molecule has 150 valence electrons. The highest BCUT2D eigenvalue weighted by Crippen LogP contribution is 2.32. The molecule has 1 N–H and O–H groups in total. The zero-order chi connectivity index (χ0) is 20.5. The monoisotopic (exact) mass is 398 g/mol. The van der Waals surface area contributed by atoms with Gasteiger partial charge in [0.1, 0.15) is 11.6 Å². The Morgan fingerprint density at radius 2 is 1.57 bits per heavy atom. The van der Waals surface area contributed by atoms with Crippen LogP contribution in [-0.4, -0.2) is 51.2 Å². The highest BCUT2D eigenvalue weighted by atomic mass is 16.3. The highest BCUT2D eigenvalue weighted by Gasteiger charge is 2.23. The van der Waals surface area contributed by atoms with E-state index in [2.05, 4.69) is 44.9 Å². The van der Waals surface area contributed by atoms with Gasteiger partial charge in [0.15, 0.2) is 5.82 Å². The largest absolute Gasteiger partial charge is 0.507 e. The Morgan fingerprint density at radius 1 is 0.833 bits per heavy atom. The minimum atomic E-state index is 0.182. The zero-order valence-corrected chi connectivity index (χ0v) is 16.7. The topological polar surface area (TPSA) is 78.3 Å². The number of fused-ring (bicyclic) bond motifs is 1. The molecule has 5 rings (SSSR count). The molecule has 2 aromatic heterocycles. The number of phenolic OH excluding ortho intramolecular Hbond substituents is 1. The van der Waals surface area contributed by atoms with E-state index < -0.39 is 0 Å². The summed E-state index contributed by atoms with van der Waals surface area (Å²) in [5.74, 6) is 2.37. The number of para-hydroxylation sites is 1. The lowest BCUT2D eigenvalue weighted by molar-refractivity contribution is 0.477. The molecule has 30 heavy (non-hydrogen) atoms. The van der Waals surface area contributed by atoms with Crippen molar-refractivity contribution in [2.45, 2.75) is 6.92 Å². The smallest absolute Gasteiger partial charge is 0.225 e. The predicted octanol–water partition coefficient (Wildman–Crippen LogP) is 3.43. The molecular weight excluding hydrogens is 376 g/mol. The average Bonchev–Trinajstić information content (AvgIpc) is 2.79. The van der Waals surface area contributed by atoms with Crippen LogP contribution in [0, 0.1) is 6.92 Å². The number of anilines is 2. The Kier molecular flexibility index (Phi) is 4.63. The summed E-state index contributed by atoms with van der Waals surface area (Å²) in [6.07, 6.45) is 3.54. The normalized spacial score (nSPS) is 14.3. The first kappa shape index (κ1) is 18.3. The molecule has 0 saturated carbocycles. The Balaban J connectivity index is 1.53. The Hall–Kier alpha value is -3.74. The van der Waals surface area contributed by atoms with Crippen LogP contribution in [0.1, 0.15) is 5.56 Å². The molecule has 3 heterocycles. The zero-order valence-electron chi connectivity index (χ0n) is 16.7. The third kappa shape index (κ3) is 3.39. The molecule has 0 atom stereocenters. The van der Waals surface area contributed by atoms with Crippen LogP contribution in [0.15, 0.2) is 60.9 Å². The fourth-order valence-electron chi connectivity index (χ4n) is 3.82. The number of aromatic hydroxyl groups is 1. The van der Waals surface area contributed by atoms with Gasteiger partial charge in [-0.1, -0.05) is 18.2 Å². The maximum Gasteiger partial charge on any atom is 0.225 e. The number of hydrogen-bond donors (Lipinski definition) is 1. The van der Waals surface area contributed by atoms with Gasteiger partial charge in [-0.2, -0.15) is 0 Å². The van der Waals surface area contributed by atoms with Crippen molar-refractivity contribution in [2.24, 2.45) is 0 Å². The summed E-state index contributed by atoms with van der Waals surface area (Å²) in [6.45, 7) is 5.29. The van der Waals surface area contributed by atoms with Gasteiger partial charge in [0.2, 0.25) is 5.95 Å². The maximum absolute atomic E-state index is 10.3. The average molecular weight is 398 g/mol. The molecule has 0 unspecified atom stereocenters. The standard InChI is InChI=1S/C23H22N6O/c1-16-7-8-17-19(15-16)26-21(18-5-2-3-6-20(18)30)27-22(17)28-11-13-29(14-12-28)23-24-9-4-10-25-23/h2-10,15,30H,11-14H2,1H3. The van der Waals surface area contributed by atoms with Crippen LogP contribution in [0.4, 0.5) is 11.8 Å². The van der Waals surface area contributed by atoms with Gasteiger partial charge in [-0.3, -0.25) is 0 Å². The van der Waals surface area contributed by atoms with E-state index in [4.69, 9.17) is 9.97 Å². The summed E-state index contributed by atoms with van der Waals surface area (Å²) in [5, 5.41) is 11.4. The lowest BCUT2D eigenvalue weighted by atomic mass is 10.1. The number of hydrogen-bond acceptors (Lipinski definition) is 7. The predicted molar refractivity (Wildman–Crippen MR) is 118 cm³/mol. The van der Waals surface area contributed by atoms with Gasteiger partial charge in [0.25, 0.3) is 0 Å². The Morgan fingerprint density at radius 3 is 2.33 bits per heavy atom. The number of piperazine rings is 1. The first-order chi connectivity index (χ1) is 14.7. The molecule has 4 aromatic rings. The molecule has 1 aliphatic heterocycles. The molecule has 7 heteroatoms. The van der Waals surface area contributed by atoms with E-state index in [1.54, 1.807) is 24.5 Å². The molecule has 0 aliphatic carbocycles. The van der Waals surface area contributed by atoms with Crippen molar-refractivity contribution in [1.82, 2.24) is 19.9 Å². The molecule has 0 amide bonds. The van der Waals surface area contributed by atoms with Crippen molar-refractivity contribution in [3.8, 4) is 17.1 Å². The number of benzene rings is 2. The van der Waals surface area contributed by atoms with E-state index in [-0.39, 0.29) is 5.75 Å². The lowest BCUT2D eigenvalue weighted by Gasteiger charge is -2.35. The number of rotatable bonds is 3. The second-order valence-corrected chi connectivity index (χ2v) is 7.43. The van der Waals surface area contributed by atoms with Crippen LogP contribution in [0.3, 0.4) is 0 Å². The van der Waals surface area contributed by atoms with Crippen LogP contribution in [0.25, 0.3) is 22.3 Å². The molecule has 1 saturated heterocycles. The number of phenols is 1. The third-order valence-corrected chi connectivity index (χ3v) is 5.39. The lowest BCUT2D eigenvalue weighted by Crippen LogP contribution is -2.47. The van der Waals surface area contributed by atoms with Gasteiger partial charge in [-0.05, 0) is 42.8 Å². The second-order valence-electron chi connectivity index (χ2n) is 7.43. The summed E-state index contributed by atoms with van der Waals surface area (Å²) < 4.78 is 0. The molecule has 0 radical (unpaired) electrons. The quantitative estimate of drug-likeness (QED) is 0.566. The second kappa shape index (κ2) is 7.59. The van der Waals surface area contributed by atoms with Crippen LogP contribution in [0.5, 0.6) is 5.75 Å². The minimum absolute atomic E-state index is 0.182. The Labute approximate surface area is 174 Å². The molecular formula is C23H22N6O. The van der Waals surface area contributed by atoms with Gasteiger partial charge in [-0.15, -0.1) is 0 Å². The van der Waals surface area contributed by atoms with E-state index >= 15 is 0 Å². The van der Waals surface area contributed by atoms with Crippen LogP contribution >= 0.6 is 0 Å². The van der Waals surface area contributed by atoms with Gasteiger partial charge in [0, 0.05) is 44.0 Å². The highest BCUT2D eigenvalue weighted by molar-refractivity contribution is 5.92. The van der Waals surface area contributed by atoms with Crippen molar-refractivity contribution in [2.75, 3.05) is 36.0 Å². The minimum Gasteiger partial charge on any atom is -0.507 e. The number of aryl methyl sites for hydroxylation is 1. The third-order valence-electron chi connectivity index (χ3n) is 5.39. The summed E-state index contributed by atoms with van der Waals surface area (Å²) in [5.41, 5.74) is 2.66.